The van der Waals surface area contributed by atoms with Gasteiger partial charge in [-0.05, 0) is 30.7 Å². The van der Waals surface area contributed by atoms with E-state index in [2.05, 4.69) is 0 Å². The van der Waals surface area contributed by atoms with Crippen LogP contribution >= 0.6 is 11.3 Å². The molecule has 0 spiro atoms. The van der Waals surface area contributed by atoms with Crippen molar-refractivity contribution in [3.8, 4) is 10.4 Å². The fourth-order valence-electron chi connectivity index (χ4n) is 2.49. The van der Waals surface area contributed by atoms with Gasteiger partial charge in [-0.2, -0.15) is 0 Å². The zero-order chi connectivity index (χ0) is 18.9. The lowest BCUT2D eigenvalue weighted by Crippen LogP contribution is -2.33. The molecule has 0 bridgehead atoms. The second-order valence-electron chi connectivity index (χ2n) is 5.71. The monoisotopic (exact) mass is 374 g/mol. The number of nitrogens with zero attached hydrogens (tertiary/aromatic N) is 2. The van der Waals surface area contributed by atoms with E-state index in [-0.39, 0.29) is 18.2 Å². The molecule has 1 N–H and O–H groups in total. The largest absolute Gasteiger partial charge is 0.395 e. The standard InChI is InChI=1S/C19H22N2O4S/c1-2-3-12-20(13-14-22)19(23)11-9-15-8-10-18(26-15)16-6-4-5-7-17(16)21(24)25/h4-11,22H,2-3,12-14H2,1H3/b11-9+. The minimum absolute atomic E-state index is 0.0645. The maximum atomic E-state index is 12.3. The molecule has 0 aliphatic rings. The molecule has 0 atom stereocenters. The first-order valence-corrected chi connectivity index (χ1v) is 9.30. The third-order valence-electron chi connectivity index (χ3n) is 3.85. The fraction of sp³-hybridized carbons (Fsp3) is 0.316. The normalized spacial score (nSPS) is 11.0. The van der Waals surface area contributed by atoms with Gasteiger partial charge in [0, 0.05) is 35.0 Å². The van der Waals surface area contributed by atoms with E-state index in [9.17, 15) is 14.9 Å². The highest BCUT2D eigenvalue weighted by Crippen LogP contribution is 2.34. The van der Waals surface area contributed by atoms with Gasteiger partial charge in [-0.15, -0.1) is 11.3 Å². The number of benzene rings is 1. The minimum atomic E-state index is -0.394. The summed E-state index contributed by atoms with van der Waals surface area (Å²) in [4.78, 5) is 26.3. The lowest BCUT2D eigenvalue weighted by molar-refractivity contribution is -0.384. The van der Waals surface area contributed by atoms with Crippen LogP contribution in [-0.4, -0.2) is 40.5 Å². The van der Waals surface area contributed by atoms with Gasteiger partial charge >= 0.3 is 0 Å². The maximum Gasteiger partial charge on any atom is 0.278 e. The molecule has 1 aromatic carbocycles. The predicted molar refractivity (Wildman–Crippen MR) is 104 cm³/mol. The molecule has 26 heavy (non-hydrogen) atoms. The molecule has 2 aromatic rings. The Bertz CT molecular complexity index is 785. The van der Waals surface area contributed by atoms with Gasteiger partial charge < -0.3 is 10.0 Å². The number of carbonyl (C=O) groups excluding carboxylic acids is 1. The minimum Gasteiger partial charge on any atom is -0.395 e. The molecule has 0 saturated carbocycles. The average Bonchev–Trinajstić information content (AvgIpc) is 3.12. The highest BCUT2D eigenvalue weighted by Gasteiger charge is 2.15. The second-order valence-corrected chi connectivity index (χ2v) is 6.83. The van der Waals surface area contributed by atoms with E-state index >= 15 is 0 Å². The first-order valence-electron chi connectivity index (χ1n) is 8.48. The molecule has 6 nitrogen and oxygen atoms in total. The molecule has 0 saturated heterocycles. The number of thiophene rings is 1. The SMILES string of the molecule is CCCCN(CCO)C(=O)/C=C/c1ccc(-c2ccccc2[N+](=O)[O-])s1. The Hall–Kier alpha value is -2.51. The predicted octanol–water partition coefficient (Wildman–Crippen LogP) is 3.96. The van der Waals surface area contributed by atoms with Crippen LogP contribution in [0.25, 0.3) is 16.5 Å². The van der Waals surface area contributed by atoms with Gasteiger partial charge in [-0.3, -0.25) is 14.9 Å². The molecule has 0 radical (unpaired) electrons. The number of aliphatic hydroxyl groups excluding tert-OH is 1. The Kier molecular flexibility index (Phi) is 7.50. The van der Waals surface area contributed by atoms with E-state index in [0.717, 1.165) is 22.6 Å². The Morgan fingerprint density at radius 1 is 1.27 bits per heavy atom. The zero-order valence-electron chi connectivity index (χ0n) is 14.6. The number of nitro groups is 1. The van der Waals surface area contributed by atoms with E-state index in [1.807, 2.05) is 19.1 Å². The van der Waals surface area contributed by atoms with E-state index < -0.39 is 4.92 Å². The highest BCUT2D eigenvalue weighted by atomic mass is 32.1. The lowest BCUT2D eigenvalue weighted by Gasteiger charge is -2.19. The maximum absolute atomic E-state index is 12.3. The summed E-state index contributed by atoms with van der Waals surface area (Å²) in [7, 11) is 0. The number of hydrogen-bond donors (Lipinski definition) is 1. The van der Waals surface area contributed by atoms with Gasteiger partial charge in [-0.1, -0.05) is 25.5 Å². The van der Waals surface area contributed by atoms with Crippen LogP contribution in [0.2, 0.25) is 0 Å². The molecule has 7 heteroatoms. The van der Waals surface area contributed by atoms with Gasteiger partial charge in [0.05, 0.1) is 17.1 Å². The van der Waals surface area contributed by atoms with Crippen LogP contribution in [0.5, 0.6) is 0 Å². The van der Waals surface area contributed by atoms with Crippen molar-refractivity contribution in [2.45, 2.75) is 19.8 Å². The highest BCUT2D eigenvalue weighted by molar-refractivity contribution is 7.16. The van der Waals surface area contributed by atoms with Crippen molar-refractivity contribution in [3.05, 3.63) is 57.5 Å². The van der Waals surface area contributed by atoms with Gasteiger partial charge in [0.25, 0.3) is 5.69 Å². The molecule has 1 heterocycles. The van der Waals surface area contributed by atoms with Crippen molar-refractivity contribution in [1.29, 1.82) is 0 Å². The Morgan fingerprint density at radius 2 is 2.04 bits per heavy atom. The van der Waals surface area contributed by atoms with Crippen molar-refractivity contribution < 1.29 is 14.8 Å². The summed E-state index contributed by atoms with van der Waals surface area (Å²) in [5.74, 6) is -0.145. The molecule has 0 fully saturated rings. The Balaban J connectivity index is 2.13. The number of hydrogen-bond acceptors (Lipinski definition) is 5. The topological polar surface area (TPSA) is 83.7 Å². The summed E-state index contributed by atoms with van der Waals surface area (Å²) < 4.78 is 0. The Morgan fingerprint density at radius 3 is 2.73 bits per heavy atom. The number of carbonyl (C=O) groups is 1. The third-order valence-corrected chi connectivity index (χ3v) is 4.93. The summed E-state index contributed by atoms with van der Waals surface area (Å²) >= 11 is 1.39. The number of rotatable bonds is 9. The quantitative estimate of drug-likeness (QED) is 0.409. The summed E-state index contributed by atoms with van der Waals surface area (Å²) in [6.45, 7) is 2.92. The molecule has 138 valence electrons. The Labute approximate surface area is 156 Å². The van der Waals surface area contributed by atoms with Crippen molar-refractivity contribution in [3.63, 3.8) is 0 Å². The van der Waals surface area contributed by atoms with Gasteiger partial charge in [0.1, 0.15) is 0 Å². The van der Waals surface area contributed by atoms with Crippen LogP contribution in [-0.2, 0) is 4.79 Å². The van der Waals surface area contributed by atoms with E-state index in [4.69, 9.17) is 5.11 Å². The molecule has 0 aliphatic carbocycles. The number of para-hydroxylation sites is 1. The first kappa shape index (κ1) is 19.8. The number of unbranched alkanes of at least 4 members (excludes halogenated alkanes) is 1. The number of amides is 1. The van der Waals surface area contributed by atoms with Gasteiger partial charge in [0.15, 0.2) is 0 Å². The van der Waals surface area contributed by atoms with E-state index in [0.29, 0.717) is 18.7 Å². The lowest BCUT2D eigenvalue weighted by atomic mass is 10.1. The molecule has 0 unspecified atom stereocenters. The average molecular weight is 374 g/mol. The van der Waals surface area contributed by atoms with Crippen molar-refractivity contribution in [2.75, 3.05) is 19.7 Å². The molecular formula is C19H22N2O4S. The fourth-order valence-corrected chi connectivity index (χ4v) is 3.43. The summed E-state index contributed by atoms with van der Waals surface area (Å²) in [5, 5.41) is 20.3. The first-order chi connectivity index (χ1) is 12.6. The van der Waals surface area contributed by atoms with Crippen LogP contribution in [0.15, 0.2) is 42.5 Å². The zero-order valence-corrected chi connectivity index (χ0v) is 15.4. The summed E-state index contributed by atoms with van der Waals surface area (Å²) in [6.07, 6.45) is 5.06. The number of nitro benzene ring substituents is 1. The van der Waals surface area contributed by atoms with Crippen LogP contribution in [0.4, 0.5) is 5.69 Å². The molecular weight excluding hydrogens is 352 g/mol. The van der Waals surface area contributed by atoms with Gasteiger partial charge in [-0.25, -0.2) is 0 Å². The van der Waals surface area contributed by atoms with Crippen molar-refractivity contribution in [1.82, 2.24) is 4.90 Å². The van der Waals surface area contributed by atoms with Crippen molar-refractivity contribution >= 4 is 29.0 Å². The molecule has 1 amide bonds. The smallest absolute Gasteiger partial charge is 0.278 e. The van der Waals surface area contributed by atoms with Crippen LogP contribution < -0.4 is 0 Å². The van der Waals surface area contributed by atoms with Crippen LogP contribution in [0.3, 0.4) is 0 Å². The van der Waals surface area contributed by atoms with Crippen LogP contribution in [0.1, 0.15) is 24.6 Å². The second kappa shape index (κ2) is 9.84. The van der Waals surface area contributed by atoms with Gasteiger partial charge in [0.2, 0.25) is 5.91 Å². The summed E-state index contributed by atoms with van der Waals surface area (Å²) in [6, 6.07) is 10.3. The molecule has 2 rings (SSSR count). The van der Waals surface area contributed by atoms with E-state index in [1.54, 1.807) is 29.2 Å². The molecule has 1 aromatic heterocycles. The number of aliphatic hydroxyl groups is 1. The summed E-state index contributed by atoms with van der Waals surface area (Å²) in [5.41, 5.74) is 0.632. The third kappa shape index (κ3) is 5.24. The van der Waals surface area contributed by atoms with Crippen LogP contribution in [0, 0.1) is 10.1 Å². The van der Waals surface area contributed by atoms with Crippen molar-refractivity contribution in [2.24, 2.45) is 0 Å². The molecule has 0 aliphatic heterocycles. The van der Waals surface area contributed by atoms with E-state index in [1.165, 1.54) is 23.5 Å².